The molecular formula is C25H26N2O3. The average molecular weight is 402 g/mol. The fraction of sp³-hybridized carbons (Fsp3) is 0.200. The Hall–Kier alpha value is -3.60. The van der Waals surface area contributed by atoms with E-state index in [0.717, 1.165) is 11.3 Å². The summed E-state index contributed by atoms with van der Waals surface area (Å²) >= 11 is 0. The van der Waals surface area contributed by atoms with Gasteiger partial charge in [-0.15, -0.1) is 0 Å². The smallest absolute Gasteiger partial charge is 0.260 e. The number of nitrogens with zero attached hydrogens (tertiary/aromatic N) is 2. The molecule has 0 saturated carbocycles. The predicted octanol–water partition coefficient (Wildman–Crippen LogP) is 4.02. The summed E-state index contributed by atoms with van der Waals surface area (Å²) in [5.74, 6) is 0.395. The number of hydrogen-bond acceptors (Lipinski definition) is 4. The highest BCUT2D eigenvalue weighted by molar-refractivity contribution is 6.08. The maximum Gasteiger partial charge on any atom is 0.260 e. The summed E-state index contributed by atoms with van der Waals surface area (Å²) in [6.45, 7) is 0.457. The van der Waals surface area contributed by atoms with E-state index in [2.05, 4.69) is 0 Å². The molecule has 0 N–H and O–H groups in total. The summed E-state index contributed by atoms with van der Waals surface area (Å²) in [4.78, 5) is 28.5. The van der Waals surface area contributed by atoms with Gasteiger partial charge in [-0.2, -0.15) is 0 Å². The van der Waals surface area contributed by atoms with Gasteiger partial charge in [0.05, 0.1) is 0 Å². The van der Waals surface area contributed by atoms with Gasteiger partial charge in [0.2, 0.25) is 0 Å². The molecule has 1 amide bonds. The van der Waals surface area contributed by atoms with Crippen LogP contribution in [0.2, 0.25) is 0 Å². The lowest BCUT2D eigenvalue weighted by Crippen LogP contribution is -2.30. The highest BCUT2D eigenvalue weighted by Gasteiger charge is 2.12. The number of likely N-dealkylation sites (N-methyl/N-ethyl adjacent to an activating group) is 1. The molecule has 154 valence electrons. The first-order chi connectivity index (χ1) is 14.4. The minimum Gasteiger partial charge on any atom is -0.484 e. The maximum atomic E-state index is 12.4. The van der Waals surface area contributed by atoms with Crippen molar-refractivity contribution in [1.29, 1.82) is 0 Å². The van der Waals surface area contributed by atoms with Crippen LogP contribution < -0.4 is 9.64 Å². The fourth-order valence-corrected chi connectivity index (χ4v) is 2.98. The molecule has 0 fully saturated rings. The van der Waals surface area contributed by atoms with Crippen molar-refractivity contribution >= 4 is 17.4 Å². The number of ether oxygens (including phenoxy) is 1. The molecule has 30 heavy (non-hydrogen) atoms. The van der Waals surface area contributed by atoms with E-state index in [-0.39, 0.29) is 18.3 Å². The number of carbonyl (C=O) groups excluding carboxylic acids is 2. The molecule has 0 spiro atoms. The lowest BCUT2D eigenvalue weighted by atomic mass is 10.0. The monoisotopic (exact) mass is 402 g/mol. The van der Waals surface area contributed by atoms with Crippen molar-refractivity contribution in [2.45, 2.75) is 6.54 Å². The minimum atomic E-state index is -0.115. The largest absolute Gasteiger partial charge is 0.484 e. The summed E-state index contributed by atoms with van der Waals surface area (Å²) in [5, 5.41) is 0. The number of ketones is 1. The van der Waals surface area contributed by atoms with Crippen molar-refractivity contribution in [3.8, 4) is 5.75 Å². The Kier molecular flexibility index (Phi) is 6.86. The first kappa shape index (κ1) is 21.1. The van der Waals surface area contributed by atoms with E-state index in [1.807, 2.05) is 61.5 Å². The van der Waals surface area contributed by atoms with E-state index in [4.69, 9.17) is 4.74 Å². The second-order valence-electron chi connectivity index (χ2n) is 7.32. The molecule has 0 aliphatic rings. The first-order valence-electron chi connectivity index (χ1n) is 9.77. The number of rotatable bonds is 8. The van der Waals surface area contributed by atoms with Crippen molar-refractivity contribution in [3.63, 3.8) is 0 Å². The quantitative estimate of drug-likeness (QED) is 0.534. The van der Waals surface area contributed by atoms with E-state index in [9.17, 15) is 9.59 Å². The van der Waals surface area contributed by atoms with Crippen LogP contribution in [0.15, 0.2) is 78.9 Å². The molecule has 3 aromatic rings. The van der Waals surface area contributed by atoms with Crippen molar-refractivity contribution in [2.24, 2.45) is 0 Å². The molecule has 5 heteroatoms. The van der Waals surface area contributed by atoms with Crippen molar-refractivity contribution in [1.82, 2.24) is 4.90 Å². The van der Waals surface area contributed by atoms with E-state index < -0.39 is 0 Å². The molecule has 0 aliphatic carbocycles. The van der Waals surface area contributed by atoms with E-state index in [0.29, 0.717) is 23.4 Å². The van der Waals surface area contributed by atoms with Crippen molar-refractivity contribution in [3.05, 3.63) is 95.6 Å². The number of anilines is 1. The molecule has 3 aromatic carbocycles. The molecule has 3 rings (SSSR count). The summed E-state index contributed by atoms with van der Waals surface area (Å²) in [6.07, 6.45) is 0. The second-order valence-corrected chi connectivity index (χ2v) is 7.32. The standard InChI is InChI=1S/C25H26N2O3/c1-26(2)22-13-9-19(10-14-22)17-27(3)24(28)18-30-23-15-11-21(12-16-23)25(29)20-7-5-4-6-8-20/h4-16H,17-18H2,1-3H3. The van der Waals surface area contributed by atoms with Gasteiger partial charge in [-0.25, -0.2) is 0 Å². The van der Waals surface area contributed by atoms with Crippen LogP contribution in [0, 0.1) is 0 Å². The molecule has 0 atom stereocenters. The highest BCUT2D eigenvalue weighted by Crippen LogP contribution is 2.16. The van der Waals surface area contributed by atoms with Gasteiger partial charge in [-0.1, -0.05) is 42.5 Å². The summed E-state index contributed by atoms with van der Waals surface area (Å²) in [7, 11) is 5.74. The number of benzene rings is 3. The van der Waals surface area contributed by atoms with Gasteiger partial charge in [-0.05, 0) is 42.0 Å². The Morgan fingerprint density at radius 3 is 1.97 bits per heavy atom. The summed E-state index contributed by atoms with van der Waals surface area (Å²) in [5.41, 5.74) is 3.39. The normalized spacial score (nSPS) is 10.4. The molecule has 0 radical (unpaired) electrons. The average Bonchev–Trinajstić information content (AvgIpc) is 2.78. The van der Waals surface area contributed by atoms with Gasteiger partial charge in [0.1, 0.15) is 5.75 Å². The highest BCUT2D eigenvalue weighted by atomic mass is 16.5. The summed E-state index contributed by atoms with van der Waals surface area (Å²) in [6, 6.07) is 24.1. The van der Waals surface area contributed by atoms with Crippen LogP contribution >= 0.6 is 0 Å². The predicted molar refractivity (Wildman–Crippen MR) is 119 cm³/mol. The van der Waals surface area contributed by atoms with E-state index >= 15 is 0 Å². The van der Waals surface area contributed by atoms with Crippen LogP contribution in [0.1, 0.15) is 21.5 Å². The van der Waals surface area contributed by atoms with Crippen LogP contribution in [0.5, 0.6) is 5.75 Å². The topological polar surface area (TPSA) is 49.9 Å². The van der Waals surface area contributed by atoms with Crippen LogP contribution in [-0.4, -0.2) is 44.3 Å². The zero-order valence-electron chi connectivity index (χ0n) is 17.5. The van der Waals surface area contributed by atoms with Gasteiger partial charge < -0.3 is 14.5 Å². The van der Waals surface area contributed by atoms with Crippen LogP contribution in [-0.2, 0) is 11.3 Å². The van der Waals surface area contributed by atoms with E-state index in [1.54, 1.807) is 48.3 Å². The molecule has 0 aliphatic heterocycles. The lowest BCUT2D eigenvalue weighted by Gasteiger charge is -2.18. The van der Waals surface area contributed by atoms with Gasteiger partial charge >= 0.3 is 0 Å². The maximum absolute atomic E-state index is 12.4. The molecule has 0 saturated heterocycles. The molecular weight excluding hydrogens is 376 g/mol. The van der Waals surface area contributed by atoms with Gasteiger partial charge in [0.15, 0.2) is 12.4 Å². The Bertz CT molecular complexity index is 981. The van der Waals surface area contributed by atoms with Gasteiger partial charge in [0.25, 0.3) is 5.91 Å². The zero-order valence-corrected chi connectivity index (χ0v) is 17.5. The molecule has 0 unspecified atom stereocenters. The van der Waals surface area contributed by atoms with Crippen LogP contribution in [0.3, 0.4) is 0 Å². The molecule has 0 aromatic heterocycles. The molecule has 5 nitrogen and oxygen atoms in total. The van der Waals surface area contributed by atoms with Gasteiger partial charge in [-0.3, -0.25) is 9.59 Å². The number of amides is 1. The van der Waals surface area contributed by atoms with Gasteiger partial charge in [0, 0.05) is 44.5 Å². The third kappa shape index (κ3) is 5.47. The Morgan fingerprint density at radius 2 is 1.37 bits per heavy atom. The summed E-state index contributed by atoms with van der Waals surface area (Å²) < 4.78 is 5.61. The zero-order chi connectivity index (χ0) is 21.5. The third-order valence-corrected chi connectivity index (χ3v) is 4.81. The second kappa shape index (κ2) is 9.74. The van der Waals surface area contributed by atoms with Crippen molar-refractivity contribution < 1.29 is 14.3 Å². The molecule has 0 heterocycles. The fourth-order valence-electron chi connectivity index (χ4n) is 2.98. The first-order valence-corrected chi connectivity index (χ1v) is 9.77. The SMILES string of the molecule is CN(Cc1ccc(N(C)C)cc1)C(=O)COc1ccc(C(=O)c2ccccc2)cc1. The Morgan fingerprint density at radius 1 is 0.767 bits per heavy atom. The molecule has 0 bridgehead atoms. The number of carbonyl (C=O) groups is 2. The lowest BCUT2D eigenvalue weighted by molar-refractivity contribution is -0.132. The van der Waals surface area contributed by atoms with Crippen LogP contribution in [0.25, 0.3) is 0 Å². The Balaban J connectivity index is 1.52. The Labute approximate surface area is 177 Å². The number of hydrogen-bond donors (Lipinski definition) is 0. The van der Waals surface area contributed by atoms with E-state index in [1.165, 1.54) is 0 Å². The van der Waals surface area contributed by atoms with Crippen LogP contribution in [0.4, 0.5) is 5.69 Å². The van der Waals surface area contributed by atoms with Crippen molar-refractivity contribution in [2.75, 3.05) is 32.6 Å². The third-order valence-electron chi connectivity index (χ3n) is 4.81. The minimum absolute atomic E-state index is 0.0433.